The third-order valence-corrected chi connectivity index (χ3v) is 3.93. The molecule has 0 spiro atoms. The first-order chi connectivity index (χ1) is 10.7. The van der Waals surface area contributed by atoms with Gasteiger partial charge in [0.05, 0.1) is 0 Å². The van der Waals surface area contributed by atoms with Gasteiger partial charge < -0.3 is 4.90 Å². The fourth-order valence-electron chi connectivity index (χ4n) is 2.80. The molecule has 0 aliphatic rings. The lowest BCUT2D eigenvalue weighted by Gasteiger charge is -2.15. The van der Waals surface area contributed by atoms with Crippen LogP contribution in [0.25, 0.3) is 32.9 Å². The summed E-state index contributed by atoms with van der Waals surface area (Å²) in [5.74, 6) is 0. The molecule has 1 heterocycles. The summed E-state index contributed by atoms with van der Waals surface area (Å²) in [6.07, 6.45) is 0. The van der Waals surface area contributed by atoms with Crippen LogP contribution in [0.4, 0.5) is 5.69 Å². The summed E-state index contributed by atoms with van der Waals surface area (Å²) < 4.78 is 4.76. The van der Waals surface area contributed by atoms with Crippen LogP contribution in [0.15, 0.2) is 59.2 Å². The third kappa shape index (κ3) is 2.00. The lowest BCUT2D eigenvalue weighted by molar-refractivity contribution is 0.315. The summed E-state index contributed by atoms with van der Waals surface area (Å²) in [7, 11) is 4.13. The maximum atomic E-state index is 4.76. The minimum atomic E-state index is 0.777. The van der Waals surface area contributed by atoms with Gasteiger partial charge in [-0.1, -0.05) is 30.3 Å². The van der Waals surface area contributed by atoms with Gasteiger partial charge in [0.25, 0.3) is 0 Å². The van der Waals surface area contributed by atoms with E-state index in [1.165, 1.54) is 16.5 Å². The number of anilines is 1. The molecule has 4 rings (SSSR count). The Morgan fingerprint density at radius 1 is 0.818 bits per heavy atom. The SMILES string of the molecule is CN(C)c1cccc2cc(-c3ccc4nonc4c3)ccc12. The van der Waals surface area contributed by atoms with Crippen molar-refractivity contribution in [2.45, 2.75) is 0 Å². The zero-order valence-corrected chi connectivity index (χ0v) is 12.4. The van der Waals surface area contributed by atoms with Gasteiger partial charge in [0, 0.05) is 25.2 Å². The highest BCUT2D eigenvalue weighted by Gasteiger charge is 2.07. The molecular formula is C18H15N3O. The van der Waals surface area contributed by atoms with E-state index in [1.54, 1.807) is 0 Å². The first-order valence-electron chi connectivity index (χ1n) is 7.15. The monoisotopic (exact) mass is 289 g/mol. The van der Waals surface area contributed by atoms with Gasteiger partial charge in [-0.3, -0.25) is 0 Å². The molecule has 0 aliphatic carbocycles. The fraction of sp³-hybridized carbons (Fsp3) is 0.111. The summed E-state index contributed by atoms with van der Waals surface area (Å²) in [6.45, 7) is 0. The van der Waals surface area contributed by atoms with Crippen LogP contribution >= 0.6 is 0 Å². The van der Waals surface area contributed by atoms with Crippen LogP contribution in [0.1, 0.15) is 0 Å². The largest absolute Gasteiger partial charge is 0.377 e. The summed E-state index contributed by atoms with van der Waals surface area (Å²) in [5.41, 5.74) is 5.05. The Morgan fingerprint density at radius 3 is 2.45 bits per heavy atom. The van der Waals surface area contributed by atoms with Crippen molar-refractivity contribution < 1.29 is 4.63 Å². The molecule has 0 saturated heterocycles. The maximum absolute atomic E-state index is 4.76. The highest BCUT2D eigenvalue weighted by Crippen LogP contribution is 2.30. The molecule has 0 unspecified atom stereocenters. The molecule has 0 N–H and O–H groups in total. The second kappa shape index (κ2) is 4.84. The summed E-state index contributed by atoms with van der Waals surface area (Å²) in [5, 5.41) is 10.2. The van der Waals surface area contributed by atoms with Crippen LogP contribution in [0, 0.1) is 0 Å². The second-order valence-electron chi connectivity index (χ2n) is 5.58. The zero-order valence-electron chi connectivity index (χ0n) is 12.4. The van der Waals surface area contributed by atoms with Gasteiger partial charge in [0.2, 0.25) is 0 Å². The standard InChI is InChI=1S/C18H15N3O/c1-21(2)18-5-3-4-14-10-12(6-8-15(14)18)13-7-9-16-17(11-13)20-22-19-16/h3-11H,1-2H3. The molecule has 0 radical (unpaired) electrons. The average Bonchev–Trinajstić information content (AvgIpc) is 3.01. The number of fused-ring (bicyclic) bond motifs is 2. The minimum Gasteiger partial charge on any atom is -0.377 e. The summed E-state index contributed by atoms with van der Waals surface area (Å²) >= 11 is 0. The van der Waals surface area contributed by atoms with Gasteiger partial charge in [0.15, 0.2) is 0 Å². The molecule has 108 valence electrons. The zero-order chi connectivity index (χ0) is 15.1. The van der Waals surface area contributed by atoms with E-state index in [-0.39, 0.29) is 0 Å². The van der Waals surface area contributed by atoms with Crippen molar-refractivity contribution in [1.29, 1.82) is 0 Å². The van der Waals surface area contributed by atoms with Gasteiger partial charge in [-0.05, 0) is 51.1 Å². The predicted molar refractivity (Wildman–Crippen MR) is 89.1 cm³/mol. The Balaban J connectivity index is 1.88. The quantitative estimate of drug-likeness (QED) is 0.557. The molecule has 0 aliphatic heterocycles. The van der Waals surface area contributed by atoms with Gasteiger partial charge in [-0.15, -0.1) is 0 Å². The van der Waals surface area contributed by atoms with E-state index in [0.717, 1.165) is 22.2 Å². The molecule has 3 aromatic carbocycles. The molecule has 4 nitrogen and oxygen atoms in total. The molecule has 4 heteroatoms. The molecule has 4 aromatic rings. The van der Waals surface area contributed by atoms with Crippen LogP contribution in [0.5, 0.6) is 0 Å². The van der Waals surface area contributed by atoms with E-state index in [2.05, 4.69) is 65.7 Å². The number of benzene rings is 3. The maximum Gasteiger partial charge on any atom is 0.135 e. The summed E-state index contributed by atoms with van der Waals surface area (Å²) in [4.78, 5) is 2.13. The van der Waals surface area contributed by atoms with Crippen molar-refractivity contribution in [3.63, 3.8) is 0 Å². The number of rotatable bonds is 2. The lowest BCUT2D eigenvalue weighted by Crippen LogP contribution is -2.08. The van der Waals surface area contributed by atoms with Gasteiger partial charge >= 0.3 is 0 Å². The molecule has 0 amide bonds. The first-order valence-corrected chi connectivity index (χ1v) is 7.15. The highest BCUT2D eigenvalue weighted by atomic mass is 16.6. The Morgan fingerprint density at radius 2 is 1.59 bits per heavy atom. The number of hydrogen-bond donors (Lipinski definition) is 0. The van der Waals surface area contributed by atoms with E-state index in [0.29, 0.717) is 0 Å². The van der Waals surface area contributed by atoms with Crippen molar-refractivity contribution in [2.24, 2.45) is 0 Å². The van der Waals surface area contributed by atoms with E-state index in [4.69, 9.17) is 4.63 Å². The Hall–Kier alpha value is -2.88. The van der Waals surface area contributed by atoms with Gasteiger partial charge in [-0.2, -0.15) is 0 Å². The second-order valence-corrected chi connectivity index (χ2v) is 5.58. The van der Waals surface area contributed by atoms with E-state index >= 15 is 0 Å². The molecule has 0 saturated carbocycles. The van der Waals surface area contributed by atoms with Gasteiger partial charge in [-0.25, -0.2) is 4.63 Å². The van der Waals surface area contributed by atoms with Crippen LogP contribution in [0.2, 0.25) is 0 Å². The Kier molecular flexibility index (Phi) is 2.82. The molecule has 1 aromatic heterocycles. The first kappa shape index (κ1) is 12.8. The van der Waals surface area contributed by atoms with E-state index in [9.17, 15) is 0 Å². The number of aromatic nitrogens is 2. The molecule has 22 heavy (non-hydrogen) atoms. The third-order valence-electron chi connectivity index (χ3n) is 3.93. The molecule has 0 atom stereocenters. The van der Waals surface area contributed by atoms with E-state index < -0.39 is 0 Å². The summed E-state index contributed by atoms with van der Waals surface area (Å²) in [6, 6.07) is 18.9. The highest BCUT2D eigenvalue weighted by molar-refractivity contribution is 5.97. The van der Waals surface area contributed by atoms with Crippen molar-refractivity contribution in [1.82, 2.24) is 10.3 Å². The van der Waals surface area contributed by atoms with Crippen LogP contribution in [-0.4, -0.2) is 24.4 Å². The predicted octanol–water partition coefficient (Wildman–Crippen LogP) is 4.11. The molecule has 0 fully saturated rings. The van der Waals surface area contributed by atoms with Crippen molar-refractivity contribution in [3.8, 4) is 11.1 Å². The van der Waals surface area contributed by atoms with Crippen LogP contribution in [0.3, 0.4) is 0 Å². The number of nitrogens with zero attached hydrogens (tertiary/aromatic N) is 3. The van der Waals surface area contributed by atoms with Gasteiger partial charge in [0.1, 0.15) is 11.0 Å². The van der Waals surface area contributed by atoms with E-state index in [1.807, 2.05) is 18.2 Å². The van der Waals surface area contributed by atoms with Crippen molar-refractivity contribution >= 4 is 27.5 Å². The van der Waals surface area contributed by atoms with Crippen molar-refractivity contribution in [3.05, 3.63) is 54.6 Å². The lowest BCUT2D eigenvalue weighted by atomic mass is 10.00. The van der Waals surface area contributed by atoms with Crippen LogP contribution in [-0.2, 0) is 0 Å². The minimum absolute atomic E-state index is 0.777. The molecular weight excluding hydrogens is 274 g/mol. The molecule has 0 bridgehead atoms. The Bertz CT molecular complexity index is 972. The number of hydrogen-bond acceptors (Lipinski definition) is 4. The normalized spacial score (nSPS) is 11.2. The topological polar surface area (TPSA) is 42.2 Å². The Labute approximate surface area is 127 Å². The van der Waals surface area contributed by atoms with Crippen molar-refractivity contribution in [2.75, 3.05) is 19.0 Å². The fourth-order valence-corrected chi connectivity index (χ4v) is 2.80. The van der Waals surface area contributed by atoms with Crippen LogP contribution < -0.4 is 4.90 Å². The average molecular weight is 289 g/mol. The smallest absolute Gasteiger partial charge is 0.135 e.